The number of rotatable bonds is 7. The Kier molecular flexibility index (Phi) is 5.73. The van der Waals surface area contributed by atoms with Crippen LogP contribution in [0.25, 0.3) is 11.0 Å². The Morgan fingerprint density at radius 2 is 2.14 bits per heavy atom. The van der Waals surface area contributed by atoms with Crippen LogP contribution >= 0.6 is 11.3 Å². The lowest BCUT2D eigenvalue weighted by Gasteiger charge is -2.25. The van der Waals surface area contributed by atoms with Crippen LogP contribution < -0.4 is 10.4 Å². The lowest BCUT2D eigenvalue weighted by molar-refractivity contribution is -0.135. The molecule has 1 unspecified atom stereocenters. The highest BCUT2D eigenvalue weighted by molar-refractivity contribution is 7.07. The molecule has 3 heterocycles. The minimum Gasteiger partial charge on any atom is -0.484 e. The Morgan fingerprint density at radius 1 is 1.25 bits per heavy atom. The Hall–Kier alpha value is -2.64. The van der Waals surface area contributed by atoms with E-state index in [0.717, 1.165) is 30.4 Å². The minimum absolute atomic E-state index is 0.0810. The fourth-order valence-corrected chi connectivity index (χ4v) is 3.92. The van der Waals surface area contributed by atoms with Gasteiger partial charge in [-0.1, -0.05) is 0 Å². The molecule has 4 rings (SSSR count). The highest BCUT2D eigenvalue weighted by Gasteiger charge is 2.23. The summed E-state index contributed by atoms with van der Waals surface area (Å²) in [5, 5.41) is 4.85. The monoisotopic (exact) mass is 399 g/mol. The highest BCUT2D eigenvalue weighted by atomic mass is 32.1. The van der Waals surface area contributed by atoms with Gasteiger partial charge in [-0.2, -0.15) is 11.3 Å². The molecule has 1 aromatic carbocycles. The number of hydrogen-bond acceptors (Lipinski definition) is 6. The summed E-state index contributed by atoms with van der Waals surface area (Å²) < 4.78 is 16.6. The standard InChI is InChI=1S/C21H21NO5S/c23-20(13-26-17-5-3-16-4-6-21(24)27-19(16)10-17)22(11-15-7-9-28-14-15)12-18-2-1-8-25-18/h3-7,9-10,14,18H,1-2,8,11-13H2. The number of fused-ring (bicyclic) bond motifs is 1. The van der Waals surface area contributed by atoms with Crippen LogP contribution in [0.1, 0.15) is 18.4 Å². The first-order valence-electron chi connectivity index (χ1n) is 9.24. The predicted octanol–water partition coefficient (Wildman–Crippen LogP) is 3.44. The number of carbonyl (C=O) groups excluding carboxylic acids is 1. The van der Waals surface area contributed by atoms with E-state index in [0.29, 0.717) is 24.4 Å². The summed E-state index contributed by atoms with van der Waals surface area (Å²) in [5.74, 6) is 0.388. The number of thiophene rings is 1. The van der Waals surface area contributed by atoms with E-state index < -0.39 is 5.63 Å². The SMILES string of the molecule is O=C(COc1ccc2ccc(=O)oc2c1)N(Cc1ccsc1)CC1CCCO1. The van der Waals surface area contributed by atoms with E-state index in [-0.39, 0.29) is 18.6 Å². The van der Waals surface area contributed by atoms with Crippen LogP contribution in [0.3, 0.4) is 0 Å². The van der Waals surface area contributed by atoms with Gasteiger partial charge in [0.15, 0.2) is 6.61 Å². The summed E-state index contributed by atoms with van der Waals surface area (Å²) in [7, 11) is 0. The Morgan fingerprint density at radius 3 is 2.93 bits per heavy atom. The van der Waals surface area contributed by atoms with Gasteiger partial charge in [0, 0.05) is 37.2 Å². The van der Waals surface area contributed by atoms with Crippen molar-refractivity contribution in [2.45, 2.75) is 25.5 Å². The number of hydrogen-bond donors (Lipinski definition) is 0. The van der Waals surface area contributed by atoms with E-state index in [1.807, 2.05) is 16.8 Å². The summed E-state index contributed by atoms with van der Waals surface area (Å²) >= 11 is 1.61. The number of ether oxygens (including phenoxy) is 2. The molecule has 7 heteroatoms. The minimum atomic E-state index is -0.417. The van der Waals surface area contributed by atoms with Gasteiger partial charge < -0.3 is 18.8 Å². The van der Waals surface area contributed by atoms with Crippen LogP contribution in [-0.4, -0.2) is 36.7 Å². The van der Waals surface area contributed by atoms with E-state index in [1.165, 1.54) is 6.07 Å². The lowest BCUT2D eigenvalue weighted by atomic mass is 10.2. The first-order chi connectivity index (χ1) is 13.7. The van der Waals surface area contributed by atoms with Crippen molar-refractivity contribution in [2.75, 3.05) is 19.8 Å². The third-order valence-corrected chi connectivity index (χ3v) is 5.44. The molecule has 0 aliphatic carbocycles. The Labute approximate surface area is 166 Å². The van der Waals surface area contributed by atoms with Gasteiger partial charge in [0.1, 0.15) is 11.3 Å². The van der Waals surface area contributed by atoms with E-state index in [4.69, 9.17) is 13.9 Å². The summed E-state index contributed by atoms with van der Waals surface area (Å²) in [6.07, 6.45) is 2.08. The molecule has 1 amide bonds. The van der Waals surface area contributed by atoms with Crippen LogP contribution in [0, 0.1) is 0 Å². The molecule has 1 atom stereocenters. The molecule has 2 aromatic heterocycles. The van der Waals surface area contributed by atoms with E-state index in [9.17, 15) is 9.59 Å². The van der Waals surface area contributed by atoms with E-state index in [1.54, 1.807) is 40.5 Å². The molecule has 146 valence electrons. The van der Waals surface area contributed by atoms with Crippen LogP contribution in [-0.2, 0) is 16.1 Å². The molecule has 0 N–H and O–H groups in total. The van der Waals surface area contributed by atoms with Crippen molar-refractivity contribution in [3.8, 4) is 5.75 Å². The largest absolute Gasteiger partial charge is 0.484 e. The molecule has 1 fully saturated rings. The quantitative estimate of drug-likeness (QED) is 0.569. The molecular formula is C21H21NO5S. The van der Waals surface area contributed by atoms with Gasteiger partial charge in [0.05, 0.1) is 6.10 Å². The molecule has 1 aliphatic rings. The van der Waals surface area contributed by atoms with Crippen LogP contribution in [0.5, 0.6) is 5.75 Å². The molecule has 0 spiro atoms. The maximum Gasteiger partial charge on any atom is 0.336 e. The van der Waals surface area contributed by atoms with Gasteiger partial charge in [-0.15, -0.1) is 0 Å². The summed E-state index contributed by atoms with van der Waals surface area (Å²) in [4.78, 5) is 26.0. The van der Waals surface area contributed by atoms with E-state index in [2.05, 4.69) is 0 Å². The molecule has 3 aromatic rings. The second-order valence-corrected chi connectivity index (χ2v) is 7.56. The first kappa shape index (κ1) is 18.7. The predicted molar refractivity (Wildman–Crippen MR) is 107 cm³/mol. The third-order valence-electron chi connectivity index (χ3n) is 4.71. The van der Waals surface area contributed by atoms with Crippen LogP contribution in [0.2, 0.25) is 0 Å². The second-order valence-electron chi connectivity index (χ2n) is 6.78. The van der Waals surface area contributed by atoms with E-state index >= 15 is 0 Å². The average Bonchev–Trinajstić information content (AvgIpc) is 3.39. The number of amides is 1. The van der Waals surface area contributed by atoms with Gasteiger partial charge in [0.25, 0.3) is 5.91 Å². The molecule has 1 aliphatic heterocycles. The van der Waals surface area contributed by atoms with Crippen molar-refractivity contribution >= 4 is 28.2 Å². The fraction of sp³-hybridized carbons (Fsp3) is 0.333. The normalized spacial score (nSPS) is 16.4. The van der Waals surface area contributed by atoms with Gasteiger partial charge >= 0.3 is 5.63 Å². The van der Waals surface area contributed by atoms with Gasteiger partial charge in [-0.25, -0.2) is 4.79 Å². The van der Waals surface area contributed by atoms with Crippen molar-refractivity contribution < 1.29 is 18.7 Å². The second kappa shape index (κ2) is 8.58. The maximum absolute atomic E-state index is 12.8. The molecule has 0 saturated carbocycles. The summed E-state index contributed by atoms with van der Waals surface area (Å²) in [6, 6.07) is 10.3. The maximum atomic E-state index is 12.8. The molecular weight excluding hydrogens is 378 g/mol. The number of nitrogens with zero attached hydrogens (tertiary/aromatic N) is 1. The smallest absolute Gasteiger partial charge is 0.336 e. The van der Waals surface area contributed by atoms with Gasteiger partial charge in [-0.3, -0.25) is 4.79 Å². The van der Waals surface area contributed by atoms with Crippen molar-refractivity contribution in [2.24, 2.45) is 0 Å². The topological polar surface area (TPSA) is 69.0 Å². The molecule has 28 heavy (non-hydrogen) atoms. The lowest BCUT2D eigenvalue weighted by Crippen LogP contribution is -2.39. The zero-order valence-electron chi connectivity index (χ0n) is 15.3. The van der Waals surface area contributed by atoms with Crippen molar-refractivity contribution in [1.29, 1.82) is 0 Å². The summed E-state index contributed by atoms with van der Waals surface area (Å²) in [5.41, 5.74) is 1.12. The molecule has 6 nitrogen and oxygen atoms in total. The van der Waals surface area contributed by atoms with Crippen molar-refractivity contribution in [3.63, 3.8) is 0 Å². The van der Waals surface area contributed by atoms with Crippen LogP contribution in [0.15, 0.2) is 56.4 Å². The number of carbonyl (C=O) groups is 1. The van der Waals surface area contributed by atoms with Gasteiger partial charge in [-0.05, 0) is 53.4 Å². The first-order valence-corrected chi connectivity index (χ1v) is 10.2. The Balaban J connectivity index is 1.43. The zero-order chi connectivity index (χ0) is 19.3. The fourth-order valence-electron chi connectivity index (χ4n) is 3.26. The Bertz CT molecular complexity index is 991. The van der Waals surface area contributed by atoms with Gasteiger partial charge in [0.2, 0.25) is 0 Å². The summed E-state index contributed by atoms with van der Waals surface area (Å²) in [6.45, 7) is 1.77. The van der Waals surface area contributed by atoms with Crippen LogP contribution in [0.4, 0.5) is 0 Å². The average molecular weight is 399 g/mol. The molecule has 0 radical (unpaired) electrons. The van der Waals surface area contributed by atoms with Crippen molar-refractivity contribution in [1.82, 2.24) is 4.90 Å². The number of benzene rings is 1. The molecule has 0 bridgehead atoms. The zero-order valence-corrected chi connectivity index (χ0v) is 16.2. The third kappa shape index (κ3) is 4.61. The van der Waals surface area contributed by atoms with Crippen molar-refractivity contribution in [3.05, 3.63) is 63.1 Å². The highest BCUT2D eigenvalue weighted by Crippen LogP contribution is 2.20. The molecule has 1 saturated heterocycles.